The summed E-state index contributed by atoms with van der Waals surface area (Å²) in [5.41, 5.74) is 2.39. The highest BCUT2D eigenvalue weighted by Crippen LogP contribution is 2.32. The Bertz CT molecular complexity index is 995. The molecule has 2 N–H and O–H groups in total. The summed E-state index contributed by atoms with van der Waals surface area (Å²) in [5.74, 6) is -0.907. The predicted octanol–water partition coefficient (Wildman–Crippen LogP) is 3.11. The van der Waals surface area contributed by atoms with Gasteiger partial charge in [0.2, 0.25) is 0 Å². The molecule has 1 unspecified atom stereocenters. The molecule has 8 nitrogen and oxygen atoms in total. The van der Waals surface area contributed by atoms with Gasteiger partial charge in [0, 0.05) is 5.70 Å². The number of carboxylic acids is 1. The zero-order valence-electron chi connectivity index (χ0n) is 16.8. The first-order valence-corrected chi connectivity index (χ1v) is 9.19. The van der Waals surface area contributed by atoms with Gasteiger partial charge in [-0.15, -0.1) is 0 Å². The smallest absolute Gasteiger partial charge is 0.337 e. The molecular formula is C22H22N2O6. The van der Waals surface area contributed by atoms with Crippen LogP contribution in [0.3, 0.4) is 0 Å². The van der Waals surface area contributed by atoms with Gasteiger partial charge < -0.3 is 19.9 Å². The first kappa shape index (κ1) is 20.9. The SMILES string of the molecule is COC(=O)C1=C(C)N(Cc2ccc(C(=O)O)cc2)C(=O)NC1c1ccc(OC)cc1. The summed E-state index contributed by atoms with van der Waals surface area (Å²) in [6.07, 6.45) is 0. The summed E-state index contributed by atoms with van der Waals surface area (Å²) < 4.78 is 10.1. The number of nitrogens with one attached hydrogen (secondary N) is 1. The van der Waals surface area contributed by atoms with Gasteiger partial charge in [-0.2, -0.15) is 0 Å². The maximum atomic E-state index is 12.9. The standard InChI is InChI=1S/C22H22N2O6/c1-13-18(21(27)30-3)19(15-8-10-17(29-2)11-9-15)23-22(28)24(13)12-14-4-6-16(7-5-14)20(25)26/h4-11,19H,12H2,1-3H3,(H,23,28)(H,25,26). The van der Waals surface area contributed by atoms with Crippen LogP contribution in [0.4, 0.5) is 4.79 Å². The zero-order valence-corrected chi connectivity index (χ0v) is 16.8. The van der Waals surface area contributed by atoms with Gasteiger partial charge in [0.15, 0.2) is 0 Å². The fourth-order valence-corrected chi connectivity index (χ4v) is 3.33. The summed E-state index contributed by atoms with van der Waals surface area (Å²) in [7, 11) is 2.85. The number of hydrogen-bond acceptors (Lipinski definition) is 5. The molecule has 1 heterocycles. The molecule has 3 rings (SSSR count). The normalized spacial score (nSPS) is 16.2. The van der Waals surface area contributed by atoms with E-state index in [1.807, 2.05) is 0 Å². The monoisotopic (exact) mass is 410 g/mol. The molecule has 2 aromatic carbocycles. The number of ether oxygens (including phenoxy) is 2. The van der Waals surface area contributed by atoms with Crippen molar-refractivity contribution in [3.05, 3.63) is 76.5 Å². The second kappa shape index (κ2) is 8.69. The lowest BCUT2D eigenvalue weighted by Gasteiger charge is -2.35. The minimum absolute atomic E-state index is 0.156. The Labute approximate surface area is 173 Å². The molecule has 0 fully saturated rings. The van der Waals surface area contributed by atoms with E-state index in [0.717, 1.165) is 11.1 Å². The van der Waals surface area contributed by atoms with Crippen LogP contribution in [0.25, 0.3) is 0 Å². The van der Waals surface area contributed by atoms with E-state index in [-0.39, 0.29) is 18.1 Å². The van der Waals surface area contributed by atoms with Crippen LogP contribution >= 0.6 is 0 Å². The average molecular weight is 410 g/mol. The highest BCUT2D eigenvalue weighted by Gasteiger charge is 2.36. The van der Waals surface area contributed by atoms with E-state index in [4.69, 9.17) is 14.6 Å². The largest absolute Gasteiger partial charge is 0.497 e. The molecule has 0 aromatic heterocycles. The Morgan fingerprint density at radius 2 is 1.70 bits per heavy atom. The Kier molecular flexibility index (Phi) is 6.06. The van der Waals surface area contributed by atoms with Gasteiger partial charge in [0.1, 0.15) is 5.75 Å². The van der Waals surface area contributed by atoms with Gasteiger partial charge in [-0.1, -0.05) is 24.3 Å². The van der Waals surface area contributed by atoms with E-state index >= 15 is 0 Å². The van der Waals surface area contributed by atoms with Crippen molar-refractivity contribution in [3.63, 3.8) is 0 Å². The van der Waals surface area contributed by atoms with E-state index in [1.165, 1.54) is 24.1 Å². The van der Waals surface area contributed by atoms with E-state index in [1.54, 1.807) is 50.4 Å². The molecule has 0 saturated carbocycles. The van der Waals surface area contributed by atoms with Gasteiger partial charge in [-0.25, -0.2) is 14.4 Å². The van der Waals surface area contributed by atoms with Crippen molar-refractivity contribution in [1.82, 2.24) is 10.2 Å². The molecule has 0 saturated heterocycles. The summed E-state index contributed by atoms with van der Waals surface area (Å²) >= 11 is 0. The Hall–Kier alpha value is -3.81. The van der Waals surface area contributed by atoms with Gasteiger partial charge in [-0.3, -0.25) is 4.90 Å². The molecule has 0 aliphatic carbocycles. The Morgan fingerprint density at radius 3 is 2.23 bits per heavy atom. The molecule has 30 heavy (non-hydrogen) atoms. The van der Waals surface area contributed by atoms with E-state index in [2.05, 4.69) is 5.32 Å². The quantitative estimate of drug-likeness (QED) is 0.709. The fraction of sp³-hybridized carbons (Fsp3) is 0.227. The first-order valence-electron chi connectivity index (χ1n) is 9.19. The number of urea groups is 1. The number of methoxy groups -OCH3 is 2. The zero-order chi connectivity index (χ0) is 21.8. The van der Waals surface area contributed by atoms with Gasteiger partial charge in [0.05, 0.1) is 37.9 Å². The number of esters is 1. The van der Waals surface area contributed by atoms with Crippen molar-refractivity contribution in [2.75, 3.05) is 14.2 Å². The molecule has 0 radical (unpaired) electrons. The third kappa shape index (κ3) is 4.12. The van der Waals surface area contributed by atoms with Gasteiger partial charge in [-0.05, 0) is 42.3 Å². The number of carboxylic acid groups (broad SMARTS) is 1. The molecule has 1 aliphatic heterocycles. The number of nitrogens with zero attached hydrogens (tertiary/aromatic N) is 1. The number of rotatable bonds is 6. The van der Waals surface area contributed by atoms with Crippen LogP contribution < -0.4 is 10.1 Å². The van der Waals surface area contributed by atoms with E-state index < -0.39 is 18.0 Å². The number of amides is 2. The first-order chi connectivity index (χ1) is 14.3. The van der Waals surface area contributed by atoms with Crippen molar-refractivity contribution < 1.29 is 29.0 Å². The highest BCUT2D eigenvalue weighted by molar-refractivity contribution is 5.95. The minimum Gasteiger partial charge on any atom is -0.497 e. The van der Waals surface area contributed by atoms with Crippen molar-refractivity contribution in [1.29, 1.82) is 0 Å². The van der Waals surface area contributed by atoms with Crippen LogP contribution in [-0.2, 0) is 16.1 Å². The molecular weight excluding hydrogens is 388 g/mol. The molecule has 2 amide bonds. The van der Waals surface area contributed by atoms with Gasteiger partial charge >= 0.3 is 18.0 Å². The summed E-state index contributed by atoms with van der Waals surface area (Å²) in [6.45, 7) is 1.86. The second-order valence-corrected chi connectivity index (χ2v) is 6.73. The van der Waals surface area contributed by atoms with Crippen molar-refractivity contribution in [2.45, 2.75) is 19.5 Å². The Morgan fingerprint density at radius 1 is 1.07 bits per heavy atom. The number of carbonyl (C=O) groups is 3. The van der Waals surface area contributed by atoms with Crippen LogP contribution in [0.5, 0.6) is 5.75 Å². The average Bonchev–Trinajstić information content (AvgIpc) is 2.76. The number of hydrogen-bond donors (Lipinski definition) is 2. The van der Waals surface area contributed by atoms with Crippen molar-refractivity contribution in [2.24, 2.45) is 0 Å². The van der Waals surface area contributed by atoms with Crippen LogP contribution in [0, 0.1) is 0 Å². The topological polar surface area (TPSA) is 105 Å². The lowest BCUT2D eigenvalue weighted by molar-refractivity contribution is -0.136. The van der Waals surface area contributed by atoms with E-state index in [9.17, 15) is 14.4 Å². The van der Waals surface area contributed by atoms with E-state index in [0.29, 0.717) is 17.0 Å². The van der Waals surface area contributed by atoms with Crippen LogP contribution in [0.2, 0.25) is 0 Å². The molecule has 8 heteroatoms. The maximum Gasteiger partial charge on any atom is 0.337 e. The second-order valence-electron chi connectivity index (χ2n) is 6.73. The molecule has 2 aromatic rings. The summed E-state index contributed by atoms with van der Waals surface area (Å²) in [4.78, 5) is 37.9. The van der Waals surface area contributed by atoms with Crippen molar-refractivity contribution in [3.8, 4) is 5.75 Å². The number of benzene rings is 2. The molecule has 156 valence electrons. The summed E-state index contributed by atoms with van der Waals surface area (Å²) in [5, 5.41) is 11.9. The lowest BCUT2D eigenvalue weighted by atomic mass is 9.94. The lowest BCUT2D eigenvalue weighted by Crippen LogP contribution is -2.47. The fourth-order valence-electron chi connectivity index (χ4n) is 3.33. The minimum atomic E-state index is -1.02. The molecule has 0 bridgehead atoms. The molecule has 0 spiro atoms. The van der Waals surface area contributed by atoms with Crippen LogP contribution in [0.15, 0.2) is 59.8 Å². The third-order valence-electron chi connectivity index (χ3n) is 4.99. The predicted molar refractivity (Wildman–Crippen MR) is 108 cm³/mol. The highest BCUT2D eigenvalue weighted by atomic mass is 16.5. The molecule has 1 atom stereocenters. The Balaban J connectivity index is 1.96. The van der Waals surface area contributed by atoms with Crippen molar-refractivity contribution >= 4 is 18.0 Å². The molecule has 1 aliphatic rings. The summed E-state index contributed by atoms with van der Waals surface area (Å²) in [6, 6.07) is 12.2. The van der Waals surface area contributed by atoms with Crippen LogP contribution in [0.1, 0.15) is 34.5 Å². The number of carbonyl (C=O) groups excluding carboxylic acids is 2. The van der Waals surface area contributed by atoms with Crippen LogP contribution in [-0.4, -0.2) is 42.2 Å². The third-order valence-corrected chi connectivity index (χ3v) is 4.99. The maximum absolute atomic E-state index is 12.9. The van der Waals surface area contributed by atoms with Gasteiger partial charge in [0.25, 0.3) is 0 Å². The number of aromatic carboxylic acids is 1. The number of allylic oxidation sites excluding steroid dienone is 1.